The normalized spacial score (nSPS) is 11.8. The van der Waals surface area contributed by atoms with Gasteiger partial charge in [0.2, 0.25) is 5.91 Å². The summed E-state index contributed by atoms with van der Waals surface area (Å²) in [5, 5.41) is 0. The number of hydrogen-bond acceptors (Lipinski definition) is 2. The standard InChI is InChI=1S/C17H19BN.C13H25NO/c1-12-6-5-7-17(19-12)14(3)13(2)15-8-10-16(18-4)11-9-15;1-5-7-8-9-11-14(13(4)15)12(3)10-6-2/h5-11H,1-4H3;10H,5-9,11H2,1-4H3/b14-13-;12-10-. The van der Waals surface area contributed by atoms with Crippen molar-refractivity contribution in [2.45, 2.75) is 87.4 Å². The number of allylic oxidation sites excluding steroid dienone is 4. The van der Waals surface area contributed by atoms with Crippen LogP contribution in [0.25, 0.3) is 11.1 Å². The first kappa shape index (κ1) is 29.4. The van der Waals surface area contributed by atoms with Crippen molar-refractivity contribution >= 4 is 29.8 Å². The van der Waals surface area contributed by atoms with Crippen molar-refractivity contribution in [3.05, 3.63) is 71.2 Å². The fourth-order valence-electron chi connectivity index (χ4n) is 3.77. The first-order valence-electron chi connectivity index (χ1n) is 12.7. The summed E-state index contributed by atoms with van der Waals surface area (Å²) in [4.78, 5) is 17.9. The molecule has 0 bridgehead atoms. The lowest BCUT2D eigenvalue weighted by Gasteiger charge is -2.21. The highest BCUT2D eigenvalue weighted by atomic mass is 16.2. The summed E-state index contributed by atoms with van der Waals surface area (Å²) in [6.45, 7) is 17.2. The zero-order valence-electron chi connectivity index (χ0n) is 22.7. The molecule has 0 unspecified atom stereocenters. The lowest BCUT2D eigenvalue weighted by Crippen LogP contribution is -2.27. The van der Waals surface area contributed by atoms with Gasteiger partial charge in [0.1, 0.15) is 7.28 Å². The topological polar surface area (TPSA) is 33.2 Å². The van der Waals surface area contributed by atoms with Crippen LogP contribution in [-0.4, -0.2) is 29.6 Å². The fourth-order valence-corrected chi connectivity index (χ4v) is 3.77. The predicted octanol–water partition coefficient (Wildman–Crippen LogP) is 7.45. The van der Waals surface area contributed by atoms with Crippen LogP contribution in [0.1, 0.15) is 90.6 Å². The SMILES string of the molecule is CC/C=C(/C)N(CCCCCC)C(C)=O.C[B]c1ccc(/C(C)=C(/C)c2cccc(C)n2)cc1. The number of benzene rings is 1. The van der Waals surface area contributed by atoms with Crippen molar-refractivity contribution in [1.29, 1.82) is 0 Å². The first-order valence-corrected chi connectivity index (χ1v) is 12.7. The highest BCUT2D eigenvalue weighted by molar-refractivity contribution is 6.51. The van der Waals surface area contributed by atoms with E-state index in [2.05, 4.69) is 89.3 Å². The van der Waals surface area contributed by atoms with Crippen LogP contribution in [0, 0.1) is 6.92 Å². The smallest absolute Gasteiger partial charge is 0.223 e. The number of aromatic nitrogens is 1. The van der Waals surface area contributed by atoms with E-state index in [1.165, 1.54) is 41.4 Å². The van der Waals surface area contributed by atoms with Gasteiger partial charge in [-0.15, -0.1) is 0 Å². The van der Waals surface area contributed by atoms with Crippen molar-refractivity contribution in [3.63, 3.8) is 0 Å². The molecular formula is C30H44BN2O. The number of aryl methyl sites for hydroxylation is 1. The number of hydrogen-bond donors (Lipinski definition) is 0. The molecule has 1 heterocycles. The Labute approximate surface area is 209 Å². The highest BCUT2D eigenvalue weighted by Crippen LogP contribution is 2.24. The van der Waals surface area contributed by atoms with Crippen LogP contribution in [-0.2, 0) is 4.79 Å². The van der Waals surface area contributed by atoms with E-state index in [0.29, 0.717) is 0 Å². The molecular weight excluding hydrogens is 415 g/mol. The third-order valence-electron chi connectivity index (χ3n) is 6.05. The minimum absolute atomic E-state index is 0.161. The number of amides is 1. The molecule has 0 aliphatic heterocycles. The second kappa shape index (κ2) is 16.1. The molecule has 2 aromatic rings. The molecule has 0 atom stereocenters. The van der Waals surface area contributed by atoms with Gasteiger partial charge in [-0.1, -0.05) is 81.8 Å². The van der Waals surface area contributed by atoms with Gasteiger partial charge in [0.25, 0.3) is 0 Å². The van der Waals surface area contributed by atoms with E-state index < -0.39 is 0 Å². The second-order valence-corrected chi connectivity index (χ2v) is 8.81. The average Bonchev–Trinajstić information content (AvgIpc) is 2.83. The number of nitrogens with zero attached hydrogens (tertiary/aromatic N) is 2. The van der Waals surface area contributed by atoms with E-state index in [0.717, 1.165) is 36.5 Å². The summed E-state index contributed by atoms with van der Waals surface area (Å²) < 4.78 is 0. The van der Waals surface area contributed by atoms with Crippen LogP contribution in [0.5, 0.6) is 0 Å². The molecule has 0 aliphatic carbocycles. The third-order valence-corrected chi connectivity index (χ3v) is 6.05. The monoisotopic (exact) mass is 459 g/mol. The quantitative estimate of drug-likeness (QED) is 0.273. The Morgan fingerprint density at radius 1 is 0.941 bits per heavy atom. The van der Waals surface area contributed by atoms with Gasteiger partial charge in [0.15, 0.2) is 0 Å². The van der Waals surface area contributed by atoms with Gasteiger partial charge in [0.05, 0.1) is 5.69 Å². The lowest BCUT2D eigenvalue weighted by atomic mass is 9.73. The van der Waals surface area contributed by atoms with Crippen molar-refractivity contribution in [2.75, 3.05) is 6.54 Å². The van der Waals surface area contributed by atoms with E-state index in [9.17, 15) is 4.79 Å². The Morgan fingerprint density at radius 2 is 1.62 bits per heavy atom. The minimum Gasteiger partial charge on any atom is -0.317 e. The summed E-state index contributed by atoms with van der Waals surface area (Å²) in [7, 11) is 2.11. The molecule has 0 aliphatic rings. The summed E-state index contributed by atoms with van der Waals surface area (Å²) in [5.41, 5.74) is 8.23. The zero-order valence-corrected chi connectivity index (χ0v) is 22.7. The molecule has 4 heteroatoms. The molecule has 183 valence electrons. The number of carbonyl (C=O) groups excluding carboxylic acids is 1. The minimum atomic E-state index is 0.161. The molecule has 0 fully saturated rings. The molecule has 1 aromatic heterocycles. The van der Waals surface area contributed by atoms with E-state index in [4.69, 9.17) is 0 Å². The Bertz CT molecular complexity index is 945. The molecule has 0 saturated carbocycles. The van der Waals surface area contributed by atoms with Gasteiger partial charge >= 0.3 is 0 Å². The number of unbranched alkanes of at least 4 members (excludes halogenated alkanes) is 3. The van der Waals surface area contributed by atoms with Crippen LogP contribution < -0.4 is 5.46 Å². The molecule has 1 radical (unpaired) electrons. The van der Waals surface area contributed by atoms with Gasteiger partial charge in [0, 0.05) is 24.9 Å². The van der Waals surface area contributed by atoms with Gasteiger partial charge in [-0.05, 0) is 69.4 Å². The number of rotatable bonds is 10. The zero-order chi connectivity index (χ0) is 25.5. The Hall–Kier alpha value is -2.62. The Morgan fingerprint density at radius 3 is 2.15 bits per heavy atom. The van der Waals surface area contributed by atoms with Crippen LogP contribution in [0.4, 0.5) is 0 Å². The molecule has 0 saturated heterocycles. The molecule has 1 amide bonds. The molecule has 2 rings (SSSR count). The van der Waals surface area contributed by atoms with Crippen LogP contribution in [0.3, 0.4) is 0 Å². The van der Waals surface area contributed by atoms with Gasteiger partial charge in [-0.3, -0.25) is 9.78 Å². The highest BCUT2D eigenvalue weighted by Gasteiger charge is 2.09. The molecule has 3 nitrogen and oxygen atoms in total. The fraction of sp³-hybridized carbons (Fsp3) is 0.467. The maximum Gasteiger partial charge on any atom is 0.223 e. The van der Waals surface area contributed by atoms with Gasteiger partial charge < -0.3 is 4.90 Å². The summed E-state index contributed by atoms with van der Waals surface area (Å²) in [5.74, 6) is 0.161. The van der Waals surface area contributed by atoms with Gasteiger partial charge in [-0.2, -0.15) is 0 Å². The third kappa shape index (κ3) is 10.1. The van der Waals surface area contributed by atoms with Gasteiger partial charge in [-0.25, -0.2) is 0 Å². The average molecular weight is 460 g/mol. The van der Waals surface area contributed by atoms with Crippen LogP contribution >= 0.6 is 0 Å². The second-order valence-electron chi connectivity index (χ2n) is 8.81. The molecule has 1 aromatic carbocycles. The largest absolute Gasteiger partial charge is 0.317 e. The van der Waals surface area contributed by atoms with E-state index in [-0.39, 0.29) is 5.91 Å². The Balaban J connectivity index is 0.000000352. The van der Waals surface area contributed by atoms with Crippen molar-refractivity contribution in [2.24, 2.45) is 0 Å². The van der Waals surface area contributed by atoms with Crippen molar-refractivity contribution in [3.8, 4) is 0 Å². The first-order chi connectivity index (χ1) is 16.2. The molecule has 0 spiro atoms. The maximum atomic E-state index is 11.4. The number of pyridine rings is 1. The van der Waals surface area contributed by atoms with E-state index in [1.54, 1.807) is 6.92 Å². The van der Waals surface area contributed by atoms with Crippen molar-refractivity contribution < 1.29 is 4.79 Å². The molecule has 0 N–H and O–H groups in total. The molecule has 34 heavy (non-hydrogen) atoms. The van der Waals surface area contributed by atoms with E-state index in [1.807, 2.05) is 24.8 Å². The van der Waals surface area contributed by atoms with Crippen molar-refractivity contribution in [1.82, 2.24) is 9.88 Å². The summed E-state index contributed by atoms with van der Waals surface area (Å²) in [6, 6.07) is 14.8. The summed E-state index contributed by atoms with van der Waals surface area (Å²) in [6.07, 6.45) is 7.94. The predicted molar refractivity (Wildman–Crippen MR) is 150 cm³/mol. The van der Waals surface area contributed by atoms with Crippen LogP contribution in [0.2, 0.25) is 6.82 Å². The lowest BCUT2D eigenvalue weighted by molar-refractivity contribution is -0.127. The summed E-state index contributed by atoms with van der Waals surface area (Å²) >= 11 is 0. The number of carbonyl (C=O) groups is 1. The van der Waals surface area contributed by atoms with Crippen LogP contribution in [0.15, 0.2) is 54.2 Å². The Kier molecular flexibility index (Phi) is 13.9. The maximum absolute atomic E-state index is 11.4. The van der Waals surface area contributed by atoms with E-state index >= 15 is 0 Å².